The summed E-state index contributed by atoms with van der Waals surface area (Å²) < 4.78 is 6.01. The van der Waals surface area contributed by atoms with E-state index >= 15 is 0 Å². The number of amides is 2. The van der Waals surface area contributed by atoms with Gasteiger partial charge in [0.15, 0.2) is 0 Å². The van der Waals surface area contributed by atoms with E-state index in [4.69, 9.17) is 4.74 Å². The molecule has 0 radical (unpaired) electrons. The molecule has 1 fully saturated rings. The topological polar surface area (TPSA) is 61.9 Å². The van der Waals surface area contributed by atoms with Gasteiger partial charge in [0.2, 0.25) is 5.91 Å². The molecule has 2 amide bonds. The minimum atomic E-state index is -0.247. The third kappa shape index (κ3) is 4.97. The van der Waals surface area contributed by atoms with Crippen LogP contribution < -0.4 is 5.32 Å². The molecular formula is C22H27N3O3. The lowest BCUT2D eigenvalue weighted by Gasteiger charge is -2.42. The minimum absolute atomic E-state index is 0.0360. The number of morpholine rings is 1. The van der Waals surface area contributed by atoms with E-state index in [1.54, 1.807) is 24.3 Å². The lowest BCUT2D eigenvalue weighted by molar-refractivity contribution is -0.146. The van der Waals surface area contributed by atoms with Crippen molar-refractivity contribution in [2.45, 2.75) is 12.1 Å². The molecule has 2 aromatic carbocycles. The molecule has 6 heteroatoms. The van der Waals surface area contributed by atoms with Crippen LogP contribution in [0.25, 0.3) is 0 Å². The molecule has 0 aromatic heterocycles. The van der Waals surface area contributed by atoms with E-state index < -0.39 is 0 Å². The van der Waals surface area contributed by atoms with Crippen LogP contribution in [0, 0.1) is 0 Å². The van der Waals surface area contributed by atoms with E-state index in [0.29, 0.717) is 25.3 Å². The fourth-order valence-electron chi connectivity index (χ4n) is 3.52. The van der Waals surface area contributed by atoms with Gasteiger partial charge in [-0.3, -0.25) is 9.59 Å². The third-order valence-electron chi connectivity index (χ3n) is 4.79. The molecular weight excluding hydrogens is 354 g/mol. The average Bonchev–Trinajstić information content (AvgIpc) is 2.72. The lowest BCUT2D eigenvalue weighted by atomic mass is 9.97. The molecule has 28 heavy (non-hydrogen) atoms. The molecule has 0 saturated carbocycles. The highest BCUT2D eigenvalue weighted by molar-refractivity contribution is 5.96. The maximum Gasteiger partial charge on any atom is 0.251 e. The summed E-state index contributed by atoms with van der Waals surface area (Å²) >= 11 is 0. The fraction of sp³-hybridized carbons (Fsp3) is 0.364. The zero-order chi connectivity index (χ0) is 19.9. The number of nitrogens with zero attached hydrogens (tertiary/aromatic N) is 2. The molecule has 2 atom stereocenters. The van der Waals surface area contributed by atoms with Gasteiger partial charge in [-0.15, -0.1) is 0 Å². The molecule has 1 aliphatic heterocycles. The first kappa shape index (κ1) is 20.0. The molecule has 0 spiro atoms. The van der Waals surface area contributed by atoms with Crippen molar-refractivity contribution in [2.75, 3.05) is 40.3 Å². The monoisotopic (exact) mass is 381 g/mol. The number of carbonyl (C=O) groups is 2. The number of ether oxygens (including phenoxy) is 1. The second-order valence-electron chi connectivity index (χ2n) is 7.16. The third-order valence-corrected chi connectivity index (χ3v) is 4.79. The molecule has 0 unspecified atom stereocenters. The van der Waals surface area contributed by atoms with Crippen LogP contribution in [-0.4, -0.2) is 68.1 Å². The van der Waals surface area contributed by atoms with Crippen LogP contribution in [0.1, 0.15) is 22.0 Å². The second-order valence-corrected chi connectivity index (χ2v) is 7.16. The Hall–Kier alpha value is -2.70. The Morgan fingerprint density at radius 1 is 1.07 bits per heavy atom. The fourth-order valence-corrected chi connectivity index (χ4v) is 3.52. The second kappa shape index (κ2) is 9.48. The number of nitrogens with one attached hydrogen (secondary N) is 1. The summed E-state index contributed by atoms with van der Waals surface area (Å²) in [4.78, 5) is 29.2. The molecule has 2 aromatic rings. The van der Waals surface area contributed by atoms with Crippen LogP contribution >= 0.6 is 0 Å². The van der Waals surface area contributed by atoms with Gasteiger partial charge in [-0.25, -0.2) is 0 Å². The quantitative estimate of drug-likeness (QED) is 0.831. The van der Waals surface area contributed by atoms with Crippen molar-refractivity contribution in [2.24, 2.45) is 0 Å². The van der Waals surface area contributed by atoms with Crippen molar-refractivity contribution in [3.8, 4) is 0 Å². The normalized spacial score (nSPS) is 19.5. The molecule has 148 valence electrons. The van der Waals surface area contributed by atoms with Gasteiger partial charge in [-0.05, 0) is 31.8 Å². The summed E-state index contributed by atoms with van der Waals surface area (Å²) in [6.45, 7) is 1.66. The van der Waals surface area contributed by atoms with Crippen LogP contribution in [0.5, 0.6) is 0 Å². The van der Waals surface area contributed by atoms with Crippen LogP contribution in [0.4, 0.5) is 0 Å². The minimum Gasteiger partial charge on any atom is -0.373 e. The van der Waals surface area contributed by atoms with Crippen molar-refractivity contribution >= 4 is 11.8 Å². The SMILES string of the molecule is CN(C)C[C@@H]1OCCN(C(=O)CNC(=O)c2ccccc2)[C@H]1c1ccccc1. The van der Waals surface area contributed by atoms with Crippen LogP contribution in [0.3, 0.4) is 0 Å². The standard InChI is InChI=1S/C22H27N3O3/c1-24(2)16-19-21(17-9-5-3-6-10-17)25(13-14-28-19)20(26)15-23-22(27)18-11-7-4-8-12-18/h3-12,19,21H,13-16H2,1-2H3,(H,23,27)/t19-,21-/m0/s1. The first-order chi connectivity index (χ1) is 13.6. The Labute approximate surface area is 166 Å². The Kier molecular flexibility index (Phi) is 6.79. The van der Waals surface area contributed by atoms with Gasteiger partial charge < -0.3 is 19.9 Å². The maximum absolute atomic E-state index is 13.0. The first-order valence-corrected chi connectivity index (χ1v) is 9.50. The van der Waals surface area contributed by atoms with Gasteiger partial charge in [-0.1, -0.05) is 48.5 Å². The van der Waals surface area contributed by atoms with E-state index in [1.807, 2.05) is 55.4 Å². The van der Waals surface area contributed by atoms with Crippen molar-refractivity contribution in [1.82, 2.24) is 15.1 Å². The van der Waals surface area contributed by atoms with Gasteiger partial charge in [0, 0.05) is 18.7 Å². The van der Waals surface area contributed by atoms with Gasteiger partial charge in [0.05, 0.1) is 25.3 Å². The zero-order valence-corrected chi connectivity index (χ0v) is 16.4. The Bertz CT molecular complexity index is 780. The smallest absolute Gasteiger partial charge is 0.251 e. The Balaban J connectivity index is 1.73. The highest BCUT2D eigenvalue weighted by atomic mass is 16.5. The molecule has 0 bridgehead atoms. The Morgan fingerprint density at radius 3 is 2.36 bits per heavy atom. The maximum atomic E-state index is 13.0. The Morgan fingerprint density at radius 2 is 1.71 bits per heavy atom. The predicted molar refractivity (Wildman–Crippen MR) is 108 cm³/mol. The first-order valence-electron chi connectivity index (χ1n) is 9.50. The van der Waals surface area contributed by atoms with Crippen LogP contribution in [-0.2, 0) is 9.53 Å². The molecule has 3 rings (SSSR count). The highest BCUT2D eigenvalue weighted by Gasteiger charge is 2.36. The molecule has 1 heterocycles. The van der Waals surface area contributed by atoms with Crippen molar-refractivity contribution < 1.29 is 14.3 Å². The lowest BCUT2D eigenvalue weighted by Crippen LogP contribution is -2.53. The number of rotatable bonds is 6. The summed E-state index contributed by atoms with van der Waals surface area (Å²) in [6, 6.07) is 18.7. The molecule has 1 N–H and O–H groups in total. The number of hydrogen-bond acceptors (Lipinski definition) is 4. The summed E-state index contributed by atoms with van der Waals surface area (Å²) in [5.74, 6) is -0.353. The summed E-state index contributed by atoms with van der Waals surface area (Å²) in [7, 11) is 3.98. The summed E-state index contributed by atoms with van der Waals surface area (Å²) in [6.07, 6.45) is -0.125. The molecule has 1 aliphatic rings. The molecule has 1 saturated heterocycles. The predicted octanol–water partition coefficient (Wildman–Crippen LogP) is 1.95. The van der Waals surface area contributed by atoms with E-state index in [2.05, 4.69) is 10.2 Å². The van der Waals surface area contributed by atoms with Crippen LogP contribution in [0.15, 0.2) is 60.7 Å². The van der Waals surface area contributed by atoms with Gasteiger partial charge in [0.1, 0.15) is 0 Å². The van der Waals surface area contributed by atoms with Gasteiger partial charge in [0.25, 0.3) is 5.91 Å². The van der Waals surface area contributed by atoms with E-state index in [9.17, 15) is 9.59 Å². The number of likely N-dealkylation sites (N-methyl/N-ethyl adjacent to an activating group) is 1. The van der Waals surface area contributed by atoms with E-state index in [1.165, 1.54) is 0 Å². The summed E-state index contributed by atoms with van der Waals surface area (Å²) in [5.41, 5.74) is 1.58. The largest absolute Gasteiger partial charge is 0.373 e. The van der Waals surface area contributed by atoms with Gasteiger partial charge in [-0.2, -0.15) is 0 Å². The van der Waals surface area contributed by atoms with Crippen LogP contribution in [0.2, 0.25) is 0 Å². The number of carbonyl (C=O) groups excluding carboxylic acids is 2. The van der Waals surface area contributed by atoms with Crippen molar-refractivity contribution in [3.05, 3.63) is 71.8 Å². The highest BCUT2D eigenvalue weighted by Crippen LogP contribution is 2.30. The van der Waals surface area contributed by atoms with E-state index in [0.717, 1.165) is 5.56 Å². The van der Waals surface area contributed by atoms with Gasteiger partial charge >= 0.3 is 0 Å². The van der Waals surface area contributed by atoms with E-state index in [-0.39, 0.29) is 30.5 Å². The number of hydrogen-bond donors (Lipinski definition) is 1. The number of benzene rings is 2. The molecule has 0 aliphatic carbocycles. The zero-order valence-electron chi connectivity index (χ0n) is 16.4. The average molecular weight is 381 g/mol. The molecule has 6 nitrogen and oxygen atoms in total. The summed E-state index contributed by atoms with van der Waals surface area (Å²) in [5, 5.41) is 2.74. The van der Waals surface area contributed by atoms with Crippen molar-refractivity contribution in [3.63, 3.8) is 0 Å². The van der Waals surface area contributed by atoms with Crippen molar-refractivity contribution in [1.29, 1.82) is 0 Å².